The van der Waals surface area contributed by atoms with E-state index in [0.717, 1.165) is 0 Å². The van der Waals surface area contributed by atoms with E-state index in [9.17, 15) is 0 Å². The van der Waals surface area contributed by atoms with Crippen LogP contribution >= 0.6 is 9.90 Å². The van der Waals surface area contributed by atoms with Crippen LogP contribution in [0.1, 0.15) is 1.43 Å². The van der Waals surface area contributed by atoms with Gasteiger partial charge in [0.2, 0.25) is 0 Å². The zero-order valence-electron chi connectivity index (χ0n) is 4.51. The normalized spacial score (nSPS) is 4.00. The molecule has 0 aliphatic rings. The molecule has 0 radical (unpaired) electrons. The molecule has 0 saturated carbocycles. The third-order valence-corrected chi connectivity index (χ3v) is 0. The Hall–Kier alpha value is 1.34. The van der Waals surface area contributed by atoms with Crippen molar-refractivity contribution < 1.29 is 67.8 Å². The van der Waals surface area contributed by atoms with Gasteiger partial charge >= 0.3 is 57.5 Å². The van der Waals surface area contributed by atoms with E-state index in [0.29, 0.717) is 0 Å². The number of carbonyl (C=O) groups is 1. The van der Waals surface area contributed by atoms with Gasteiger partial charge in [-0.15, -0.1) is 0 Å². The molecule has 1 atom stereocenters. The first kappa shape index (κ1) is 15.7. The summed E-state index contributed by atoms with van der Waals surface area (Å²) in [5.74, 6) is 0. The van der Waals surface area contributed by atoms with E-state index in [2.05, 4.69) is 0 Å². The largest absolute Gasteiger partial charge is 1.00 e. The molecule has 0 bridgehead atoms. The van der Waals surface area contributed by atoms with E-state index in [4.69, 9.17) is 15.0 Å². The quantitative estimate of drug-likeness (QED) is 0.283. The van der Waals surface area contributed by atoms with Crippen LogP contribution in [0.2, 0.25) is 0 Å². The Morgan fingerprint density at radius 3 is 1.50 bits per heavy atom. The summed E-state index contributed by atoms with van der Waals surface area (Å²) in [4.78, 5) is 8.56. The molecule has 6 heavy (non-hydrogen) atoms. The smallest absolute Gasteiger partial charge is 1.00 e. The second-order valence-corrected chi connectivity index (χ2v) is 0.283. The van der Waals surface area contributed by atoms with E-state index < -0.39 is 6.16 Å². The van der Waals surface area contributed by atoms with Crippen molar-refractivity contribution in [1.29, 1.82) is 0 Å². The van der Waals surface area contributed by atoms with E-state index >= 15 is 0 Å². The molecule has 3 nitrogen and oxygen atoms in total. The Morgan fingerprint density at radius 2 is 1.50 bits per heavy atom. The first-order chi connectivity index (χ1) is 1.73. The Labute approximate surface area is 82.6 Å². The van der Waals surface area contributed by atoms with Crippen molar-refractivity contribution in [2.75, 3.05) is 0 Å². The fourth-order valence-electron chi connectivity index (χ4n) is 0. The van der Waals surface area contributed by atoms with Gasteiger partial charge in [-0.1, -0.05) is 0 Å². The fourth-order valence-corrected chi connectivity index (χ4v) is 0. The van der Waals surface area contributed by atoms with Gasteiger partial charge in [-0.25, -0.2) is 4.79 Å². The molecule has 1 unspecified atom stereocenters. The molecule has 0 spiro atoms. The molecule has 0 aromatic carbocycles. The molecule has 2 N–H and O–H groups in total. The van der Waals surface area contributed by atoms with E-state index in [1.165, 1.54) is 0 Å². The van der Waals surface area contributed by atoms with Gasteiger partial charge in [0.05, 0.1) is 0 Å². The number of rotatable bonds is 0. The average Bonchev–Trinajstić information content (AvgIpc) is 0.811. The van der Waals surface area contributed by atoms with Gasteiger partial charge in [-0.2, -0.15) is 9.90 Å². The van der Waals surface area contributed by atoms with Crippen molar-refractivity contribution in [3.05, 3.63) is 0 Å². The Bertz CT molecular complexity index is 37.9. The summed E-state index contributed by atoms with van der Waals surface area (Å²) in [6.07, 6.45) is -1.83. The molecule has 5 heteroatoms. The van der Waals surface area contributed by atoms with Gasteiger partial charge in [-0.05, 0) is 0 Å². The van der Waals surface area contributed by atoms with Gasteiger partial charge in [0, 0.05) is 0 Å². The maximum absolute atomic E-state index is 8.56. The summed E-state index contributed by atoms with van der Waals surface area (Å²) in [7, 11) is 0. The SMILES string of the molecule is O=C(O)O.P.[H-].[K+]. The minimum Gasteiger partial charge on any atom is -1.00 e. The Kier molecular flexibility index (Phi) is 25.1. The van der Waals surface area contributed by atoms with Crippen molar-refractivity contribution in [2.45, 2.75) is 0 Å². The molecule has 34 valence electrons. The molecule has 0 saturated heterocycles. The molecule has 0 aliphatic heterocycles. The van der Waals surface area contributed by atoms with Crippen LogP contribution in [-0.2, 0) is 0 Å². The van der Waals surface area contributed by atoms with Crippen molar-refractivity contribution in [3.8, 4) is 0 Å². The van der Waals surface area contributed by atoms with Crippen LogP contribution in [0.5, 0.6) is 0 Å². The standard InChI is InChI=1S/CH2O3.K.H3P.H/c2-1(3)4;;;/h(H2,2,3,4);;1H3;/q;+1;;-1. The van der Waals surface area contributed by atoms with E-state index in [1.54, 1.807) is 0 Å². The zero-order valence-corrected chi connectivity index (χ0v) is 8.05. The maximum atomic E-state index is 8.56. The van der Waals surface area contributed by atoms with Crippen molar-refractivity contribution in [3.63, 3.8) is 0 Å². The topological polar surface area (TPSA) is 57.5 Å². The second kappa shape index (κ2) is 9.60. The number of hydrogen-bond donors (Lipinski definition) is 2. The monoisotopic (exact) mass is 136 g/mol. The molecule has 0 fully saturated rings. The molecule has 0 aliphatic carbocycles. The third-order valence-electron chi connectivity index (χ3n) is 0. The molecule has 0 amide bonds. The van der Waals surface area contributed by atoms with Crippen LogP contribution in [0, 0.1) is 0 Å². The van der Waals surface area contributed by atoms with Crippen LogP contribution in [-0.4, -0.2) is 16.4 Å². The summed E-state index contributed by atoms with van der Waals surface area (Å²) < 4.78 is 0. The van der Waals surface area contributed by atoms with Crippen LogP contribution in [0.3, 0.4) is 0 Å². The maximum Gasteiger partial charge on any atom is 1.00 e. The van der Waals surface area contributed by atoms with Gasteiger partial charge in [0.1, 0.15) is 0 Å². The van der Waals surface area contributed by atoms with Crippen LogP contribution in [0.15, 0.2) is 0 Å². The van der Waals surface area contributed by atoms with Gasteiger partial charge in [0.25, 0.3) is 0 Å². The second-order valence-electron chi connectivity index (χ2n) is 0.283. The first-order valence-corrected chi connectivity index (χ1v) is 0.651. The summed E-state index contributed by atoms with van der Waals surface area (Å²) in [5, 5.41) is 13.9. The molecular formula is CH6KO3P. The molecule has 0 heterocycles. The molecule has 0 aromatic rings. The number of carboxylic acid groups (broad SMARTS) is 2. The van der Waals surface area contributed by atoms with Crippen LogP contribution in [0.25, 0.3) is 0 Å². The summed E-state index contributed by atoms with van der Waals surface area (Å²) in [6, 6.07) is 0. The number of hydrogen-bond acceptors (Lipinski definition) is 1. The zero-order chi connectivity index (χ0) is 3.58. The van der Waals surface area contributed by atoms with Crippen molar-refractivity contribution in [1.82, 2.24) is 0 Å². The van der Waals surface area contributed by atoms with Crippen molar-refractivity contribution >= 4 is 16.1 Å². The molecule has 0 aromatic heterocycles. The van der Waals surface area contributed by atoms with Crippen LogP contribution in [0.4, 0.5) is 4.79 Å². The summed E-state index contributed by atoms with van der Waals surface area (Å²) in [5.41, 5.74) is 0. The average molecular weight is 136 g/mol. The summed E-state index contributed by atoms with van der Waals surface area (Å²) >= 11 is 0. The van der Waals surface area contributed by atoms with Gasteiger partial charge in [0.15, 0.2) is 0 Å². The summed E-state index contributed by atoms with van der Waals surface area (Å²) in [6.45, 7) is 0. The van der Waals surface area contributed by atoms with E-state index in [1.807, 2.05) is 0 Å². The predicted molar refractivity (Wildman–Crippen MR) is 22.9 cm³/mol. The molecular weight excluding hydrogens is 130 g/mol. The minimum atomic E-state index is -1.83. The van der Waals surface area contributed by atoms with Crippen LogP contribution < -0.4 is 51.4 Å². The molecule has 0 rings (SSSR count). The Balaban J connectivity index is -0.0000000150. The fraction of sp³-hybridized carbons (Fsp3) is 0. The first-order valence-electron chi connectivity index (χ1n) is 0.651. The third kappa shape index (κ3) is 56.2. The Morgan fingerprint density at radius 1 is 1.50 bits per heavy atom. The van der Waals surface area contributed by atoms with Crippen molar-refractivity contribution in [2.24, 2.45) is 0 Å². The van der Waals surface area contributed by atoms with E-state index in [-0.39, 0.29) is 62.7 Å². The van der Waals surface area contributed by atoms with Gasteiger partial charge < -0.3 is 11.6 Å². The van der Waals surface area contributed by atoms with Gasteiger partial charge in [-0.3, -0.25) is 0 Å². The predicted octanol–water partition coefficient (Wildman–Crippen LogP) is -2.60. The minimum absolute atomic E-state index is 0.